The van der Waals surface area contributed by atoms with E-state index in [0.717, 1.165) is 50.4 Å². The number of carbonyl (C=O) groups excluding carboxylic acids is 1. The monoisotopic (exact) mass is 409 g/mol. The maximum atomic E-state index is 11.9. The Morgan fingerprint density at radius 1 is 1.31 bits per heavy atom. The molecule has 1 fully saturated rings. The van der Waals surface area contributed by atoms with E-state index in [-0.39, 0.29) is 5.97 Å². The Labute approximate surface area is 167 Å². The molecule has 26 heavy (non-hydrogen) atoms. The number of rotatable bonds is 4. The van der Waals surface area contributed by atoms with E-state index in [1.54, 1.807) is 11.3 Å². The van der Waals surface area contributed by atoms with E-state index >= 15 is 0 Å². The minimum atomic E-state index is -0.328. The van der Waals surface area contributed by atoms with Crippen molar-refractivity contribution in [2.24, 2.45) is 0 Å². The first-order valence-corrected chi connectivity index (χ1v) is 10.8. The second-order valence-electron chi connectivity index (χ2n) is 6.29. The van der Waals surface area contributed by atoms with E-state index in [1.807, 2.05) is 12.3 Å². The molecular formula is C18H23N3O2S3. The van der Waals surface area contributed by atoms with Crippen LogP contribution in [0.25, 0.3) is 0 Å². The first-order valence-electron chi connectivity index (χ1n) is 8.54. The molecular weight excluding hydrogens is 386 g/mol. The maximum Gasteiger partial charge on any atom is 0.350 e. The molecule has 0 spiro atoms. The topological polar surface area (TPSA) is 44.8 Å². The summed E-state index contributed by atoms with van der Waals surface area (Å²) in [5.41, 5.74) is 3.15. The van der Waals surface area contributed by atoms with Crippen molar-refractivity contribution in [3.05, 3.63) is 38.2 Å². The van der Waals surface area contributed by atoms with Crippen molar-refractivity contribution in [1.82, 2.24) is 9.80 Å². The van der Waals surface area contributed by atoms with Gasteiger partial charge in [-0.2, -0.15) is 11.3 Å². The molecule has 2 aromatic rings. The molecule has 5 nitrogen and oxygen atoms in total. The molecule has 0 aliphatic carbocycles. The van der Waals surface area contributed by atoms with Crippen molar-refractivity contribution in [1.29, 1.82) is 0 Å². The molecule has 0 radical (unpaired) electrons. The summed E-state index contributed by atoms with van der Waals surface area (Å²) < 4.78 is 4.87. The van der Waals surface area contributed by atoms with E-state index in [0.29, 0.717) is 9.99 Å². The average molecular weight is 410 g/mol. The highest BCUT2D eigenvalue weighted by Gasteiger charge is 2.21. The molecule has 1 aliphatic heterocycles. The van der Waals surface area contributed by atoms with Gasteiger partial charge in [0, 0.05) is 32.7 Å². The Morgan fingerprint density at radius 2 is 2.15 bits per heavy atom. The van der Waals surface area contributed by atoms with E-state index < -0.39 is 0 Å². The number of ether oxygens (including phenoxy) is 1. The van der Waals surface area contributed by atoms with Crippen LogP contribution in [0.2, 0.25) is 0 Å². The first kappa shape index (κ1) is 19.3. The summed E-state index contributed by atoms with van der Waals surface area (Å²) in [5.74, 6) is -0.328. The number of thiophene rings is 2. The van der Waals surface area contributed by atoms with Crippen LogP contribution >= 0.6 is 34.9 Å². The van der Waals surface area contributed by atoms with Gasteiger partial charge < -0.3 is 15.0 Å². The molecule has 8 heteroatoms. The minimum absolute atomic E-state index is 0.328. The molecule has 0 unspecified atom stereocenters. The predicted molar refractivity (Wildman–Crippen MR) is 112 cm³/mol. The van der Waals surface area contributed by atoms with Crippen molar-refractivity contribution in [2.75, 3.05) is 38.6 Å². The zero-order valence-corrected chi connectivity index (χ0v) is 17.4. The van der Waals surface area contributed by atoms with E-state index in [9.17, 15) is 4.79 Å². The maximum absolute atomic E-state index is 11.9. The number of nitrogens with zero attached hydrogens (tertiary/aromatic N) is 2. The molecule has 2 aromatic heterocycles. The van der Waals surface area contributed by atoms with Crippen LogP contribution in [0.5, 0.6) is 0 Å². The second kappa shape index (κ2) is 8.94. The van der Waals surface area contributed by atoms with Crippen LogP contribution in [0.1, 0.15) is 27.2 Å². The van der Waals surface area contributed by atoms with Crippen molar-refractivity contribution >= 4 is 51.7 Å². The molecule has 140 valence electrons. The number of hydrogen-bond acceptors (Lipinski definition) is 6. The second-order valence-corrected chi connectivity index (χ2v) is 8.34. The van der Waals surface area contributed by atoms with Gasteiger partial charge in [0.1, 0.15) is 4.88 Å². The van der Waals surface area contributed by atoms with Crippen LogP contribution in [-0.4, -0.2) is 54.2 Å². The van der Waals surface area contributed by atoms with Crippen molar-refractivity contribution in [3.63, 3.8) is 0 Å². The summed E-state index contributed by atoms with van der Waals surface area (Å²) in [5, 5.41) is 10.2. The minimum Gasteiger partial charge on any atom is -0.465 e. The highest BCUT2D eigenvalue weighted by atomic mass is 32.1. The SMILES string of the molecule is COC(=O)c1scc(C)c1NC(=S)N1CCCN(Cc2ccsc2)CC1. The van der Waals surface area contributed by atoms with Gasteiger partial charge in [0.15, 0.2) is 5.11 Å². The summed E-state index contributed by atoms with van der Waals surface area (Å²) in [6, 6.07) is 2.19. The number of thiocarbonyl (C=S) groups is 1. The smallest absolute Gasteiger partial charge is 0.350 e. The molecule has 3 heterocycles. The number of methoxy groups -OCH3 is 1. The fourth-order valence-electron chi connectivity index (χ4n) is 3.00. The van der Waals surface area contributed by atoms with Gasteiger partial charge in [0.05, 0.1) is 12.8 Å². The Morgan fingerprint density at radius 3 is 2.88 bits per heavy atom. The van der Waals surface area contributed by atoms with Crippen LogP contribution in [0.15, 0.2) is 22.2 Å². The van der Waals surface area contributed by atoms with Crippen molar-refractivity contribution < 1.29 is 9.53 Å². The fourth-order valence-corrected chi connectivity index (χ4v) is 4.87. The van der Waals surface area contributed by atoms with Crippen LogP contribution in [0.4, 0.5) is 5.69 Å². The van der Waals surface area contributed by atoms with Gasteiger partial charge in [0.2, 0.25) is 0 Å². The highest BCUT2D eigenvalue weighted by Crippen LogP contribution is 2.28. The standard InChI is InChI=1S/C18H23N3O2S3/c1-13-11-26-16(17(22)23-2)15(13)19-18(24)21-6-3-5-20(7-8-21)10-14-4-9-25-12-14/h4,9,11-12H,3,5-8,10H2,1-2H3,(H,19,24). The number of anilines is 1. The van der Waals surface area contributed by atoms with Crippen LogP contribution in [0, 0.1) is 6.92 Å². The molecule has 3 rings (SSSR count). The summed E-state index contributed by atoms with van der Waals surface area (Å²) in [6.45, 7) is 6.81. The van der Waals surface area contributed by atoms with Gasteiger partial charge in [0.25, 0.3) is 0 Å². The van der Waals surface area contributed by atoms with Crippen molar-refractivity contribution in [3.8, 4) is 0 Å². The van der Waals surface area contributed by atoms with Crippen LogP contribution < -0.4 is 5.32 Å². The lowest BCUT2D eigenvalue weighted by Crippen LogP contribution is -2.38. The number of nitrogens with one attached hydrogen (secondary N) is 1. The number of carbonyl (C=O) groups is 1. The summed E-state index contributed by atoms with van der Waals surface area (Å²) >= 11 is 8.75. The predicted octanol–water partition coefficient (Wildman–Crippen LogP) is 3.81. The quantitative estimate of drug-likeness (QED) is 0.612. The zero-order valence-electron chi connectivity index (χ0n) is 15.0. The molecule has 1 N–H and O–H groups in total. The van der Waals surface area contributed by atoms with Crippen LogP contribution in [0.3, 0.4) is 0 Å². The third kappa shape index (κ3) is 4.62. The van der Waals surface area contributed by atoms with Gasteiger partial charge in [-0.15, -0.1) is 11.3 Å². The van der Waals surface area contributed by atoms with Gasteiger partial charge >= 0.3 is 5.97 Å². The van der Waals surface area contributed by atoms with Gasteiger partial charge in [-0.3, -0.25) is 4.90 Å². The van der Waals surface area contributed by atoms with E-state index in [2.05, 4.69) is 31.9 Å². The lowest BCUT2D eigenvalue weighted by molar-refractivity contribution is 0.0607. The molecule has 0 saturated carbocycles. The average Bonchev–Trinajstić information content (AvgIpc) is 3.20. The third-order valence-electron chi connectivity index (χ3n) is 4.44. The Balaban J connectivity index is 1.60. The molecule has 1 aliphatic rings. The molecule has 0 aromatic carbocycles. The fraction of sp³-hybridized carbons (Fsp3) is 0.444. The molecule has 0 atom stereocenters. The molecule has 0 bridgehead atoms. The molecule has 0 amide bonds. The third-order valence-corrected chi connectivity index (χ3v) is 6.61. The van der Waals surface area contributed by atoms with Gasteiger partial charge in [-0.25, -0.2) is 4.79 Å². The Kier molecular flexibility index (Phi) is 6.63. The van der Waals surface area contributed by atoms with E-state index in [4.69, 9.17) is 17.0 Å². The molecule has 1 saturated heterocycles. The summed E-state index contributed by atoms with van der Waals surface area (Å²) in [7, 11) is 1.40. The zero-order chi connectivity index (χ0) is 18.5. The highest BCUT2D eigenvalue weighted by molar-refractivity contribution is 7.80. The normalized spacial score (nSPS) is 15.5. The number of aryl methyl sites for hydroxylation is 1. The van der Waals surface area contributed by atoms with E-state index in [1.165, 1.54) is 24.0 Å². The largest absolute Gasteiger partial charge is 0.465 e. The lowest BCUT2D eigenvalue weighted by atomic mass is 10.2. The lowest BCUT2D eigenvalue weighted by Gasteiger charge is -2.25. The number of esters is 1. The first-order chi connectivity index (χ1) is 12.6. The Bertz CT molecular complexity index is 758. The van der Waals surface area contributed by atoms with Crippen LogP contribution in [-0.2, 0) is 11.3 Å². The van der Waals surface area contributed by atoms with Crippen molar-refractivity contribution in [2.45, 2.75) is 19.9 Å². The summed E-state index contributed by atoms with van der Waals surface area (Å²) in [4.78, 5) is 17.2. The number of hydrogen-bond donors (Lipinski definition) is 1. The summed E-state index contributed by atoms with van der Waals surface area (Å²) in [6.07, 6.45) is 1.07. The Hall–Kier alpha value is -1.48. The van der Waals surface area contributed by atoms with Gasteiger partial charge in [-0.1, -0.05) is 0 Å². The van der Waals surface area contributed by atoms with Gasteiger partial charge in [-0.05, 0) is 58.9 Å².